The van der Waals surface area contributed by atoms with Crippen LogP contribution in [0.3, 0.4) is 0 Å². The fourth-order valence-corrected chi connectivity index (χ4v) is 2.27. The summed E-state index contributed by atoms with van der Waals surface area (Å²) in [4.78, 5) is 20.1. The molecule has 0 amide bonds. The molecule has 1 aromatic heterocycles. The van der Waals surface area contributed by atoms with Crippen molar-refractivity contribution in [3.8, 4) is 0 Å². The second kappa shape index (κ2) is 6.91. The van der Waals surface area contributed by atoms with Crippen molar-refractivity contribution in [2.75, 3.05) is 5.75 Å². The second-order valence-electron chi connectivity index (χ2n) is 3.77. The van der Waals surface area contributed by atoms with E-state index in [4.69, 9.17) is 0 Å². The van der Waals surface area contributed by atoms with Gasteiger partial charge in [0, 0.05) is 30.1 Å². The van der Waals surface area contributed by atoms with Gasteiger partial charge in [-0.15, -0.1) is 0 Å². The molecule has 2 aromatic rings. The van der Waals surface area contributed by atoms with Gasteiger partial charge < -0.3 is 0 Å². The zero-order valence-corrected chi connectivity index (χ0v) is 10.8. The minimum atomic E-state index is 0.199. The molecule has 3 nitrogen and oxygen atoms in total. The standard InChI is InChI=1S/C14H14N2OS/c17-13(12-6-2-1-3-7-12)8-4-11-18-14-15-9-5-10-16-14/h1-3,5-7,9-10H,4,8,11H2. The molecule has 1 aromatic carbocycles. The molecule has 0 unspecified atom stereocenters. The normalized spacial score (nSPS) is 10.2. The lowest BCUT2D eigenvalue weighted by Gasteiger charge is -2.01. The third-order valence-corrected chi connectivity index (χ3v) is 3.38. The number of thioether (sulfide) groups is 1. The molecule has 0 saturated heterocycles. The Morgan fingerprint density at radius 1 is 1.06 bits per heavy atom. The Morgan fingerprint density at radius 3 is 2.50 bits per heavy atom. The number of aromatic nitrogens is 2. The first-order valence-electron chi connectivity index (χ1n) is 5.84. The Hall–Kier alpha value is -1.68. The average molecular weight is 258 g/mol. The van der Waals surface area contributed by atoms with Gasteiger partial charge in [0.15, 0.2) is 10.9 Å². The minimum absolute atomic E-state index is 0.199. The van der Waals surface area contributed by atoms with E-state index in [1.807, 2.05) is 30.3 Å². The van der Waals surface area contributed by atoms with Crippen molar-refractivity contribution >= 4 is 17.5 Å². The van der Waals surface area contributed by atoms with Crippen LogP contribution in [0, 0.1) is 0 Å². The summed E-state index contributed by atoms with van der Waals surface area (Å²) in [5, 5.41) is 0.768. The van der Waals surface area contributed by atoms with Gasteiger partial charge in [0.1, 0.15) is 0 Å². The molecule has 1 heterocycles. The molecule has 0 N–H and O–H groups in total. The number of hydrogen-bond acceptors (Lipinski definition) is 4. The largest absolute Gasteiger partial charge is 0.294 e. The van der Waals surface area contributed by atoms with Crippen LogP contribution in [0.1, 0.15) is 23.2 Å². The van der Waals surface area contributed by atoms with Crippen LogP contribution in [0.5, 0.6) is 0 Å². The van der Waals surface area contributed by atoms with Crippen LogP contribution >= 0.6 is 11.8 Å². The lowest BCUT2D eigenvalue weighted by atomic mass is 10.1. The summed E-state index contributed by atoms with van der Waals surface area (Å²) < 4.78 is 0. The van der Waals surface area contributed by atoms with Crippen molar-refractivity contribution < 1.29 is 4.79 Å². The van der Waals surface area contributed by atoms with Crippen molar-refractivity contribution in [3.05, 3.63) is 54.4 Å². The van der Waals surface area contributed by atoms with Gasteiger partial charge in [-0.1, -0.05) is 42.1 Å². The minimum Gasteiger partial charge on any atom is -0.294 e. The van der Waals surface area contributed by atoms with Crippen LogP contribution in [-0.4, -0.2) is 21.5 Å². The molecule has 0 aliphatic heterocycles. The fraction of sp³-hybridized carbons (Fsp3) is 0.214. The van der Waals surface area contributed by atoms with Gasteiger partial charge >= 0.3 is 0 Å². The van der Waals surface area contributed by atoms with Crippen LogP contribution in [0.25, 0.3) is 0 Å². The Kier molecular flexibility index (Phi) is 4.90. The molecule has 0 bridgehead atoms. The first kappa shape index (κ1) is 12.8. The monoisotopic (exact) mass is 258 g/mol. The number of rotatable bonds is 6. The van der Waals surface area contributed by atoms with E-state index in [9.17, 15) is 4.79 Å². The predicted molar refractivity (Wildman–Crippen MR) is 72.8 cm³/mol. The third-order valence-electron chi connectivity index (χ3n) is 2.42. The second-order valence-corrected chi connectivity index (χ2v) is 4.83. The quantitative estimate of drug-likeness (QED) is 0.345. The van der Waals surface area contributed by atoms with Gasteiger partial charge in [0.25, 0.3) is 0 Å². The SMILES string of the molecule is O=C(CCCSc1ncccn1)c1ccccc1. The molecule has 0 saturated carbocycles. The molecule has 0 atom stereocenters. The Bertz CT molecular complexity index is 488. The van der Waals surface area contributed by atoms with Gasteiger partial charge in [0.05, 0.1) is 0 Å². The topological polar surface area (TPSA) is 42.9 Å². The molecule has 92 valence electrons. The van der Waals surface area contributed by atoms with E-state index in [1.165, 1.54) is 0 Å². The summed E-state index contributed by atoms with van der Waals surface area (Å²) >= 11 is 1.58. The highest BCUT2D eigenvalue weighted by Gasteiger charge is 2.04. The summed E-state index contributed by atoms with van der Waals surface area (Å²) in [5.74, 6) is 1.06. The zero-order chi connectivity index (χ0) is 12.6. The third kappa shape index (κ3) is 3.96. The molecule has 0 fully saturated rings. The number of nitrogens with zero attached hydrogens (tertiary/aromatic N) is 2. The summed E-state index contributed by atoms with van der Waals surface area (Å²) in [5.41, 5.74) is 0.790. The van der Waals surface area contributed by atoms with E-state index >= 15 is 0 Å². The first-order chi connectivity index (χ1) is 8.86. The number of carbonyl (C=O) groups is 1. The van der Waals surface area contributed by atoms with E-state index in [2.05, 4.69) is 9.97 Å². The summed E-state index contributed by atoms with van der Waals surface area (Å²) in [7, 11) is 0. The maximum Gasteiger partial charge on any atom is 0.187 e. The lowest BCUT2D eigenvalue weighted by Crippen LogP contribution is -1.99. The van der Waals surface area contributed by atoms with Crippen LogP contribution in [0.2, 0.25) is 0 Å². The number of benzene rings is 1. The summed E-state index contributed by atoms with van der Waals surface area (Å²) in [6, 6.07) is 11.2. The van der Waals surface area contributed by atoms with E-state index in [0.29, 0.717) is 6.42 Å². The highest BCUT2D eigenvalue weighted by Crippen LogP contribution is 2.14. The number of hydrogen-bond donors (Lipinski definition) is 0. The smallest absolute Gasteiger partial charge is 0.187 e. The van der Waals surface area contributed by atoms with Gasteiger partial charge in [-0.05, 0) is 12.5 Å². The molecule has 0 aliphatic rings. The number of Topliss-reactive ketones (excluding diaryl/α,β-unsaturated/α-hetero) is 1. The molecule has 0 radical (unpaired) electrons. The Labute approximate surface area is 111 Å². The fourth-order valence-electron chi connectivity index (χ4n) is 1.52. The predicted octanol–water partition coefficient (Wildman–Crippen LogP) is 3.23. The van der Waals surface area contributed by atoms with Gasteiger partial charge in [-0.3, -0.25) is 4.79 Å². The first-order valence-corrected chi connectivity index (χ1v) is 6.83. The molecule has 18 heavy (non-hydrogen) atoms. The maximum atomic E-state index is 11.8. The van der Waals surface area contributed by atoms with Crippen LogP contribution in [0.15, 0.2) is 53.9 Å². The molecular weight excluding hydrogens is 244 g/mol. The molecule has 4 heteroatoms. The van der Waals surface area contributed by atoms with E-state index in [-0.39, 0.29) is 5.78 Å². The van der Waals surface area contributed by atoms with Crippen molar-refractivity contribution in [1.29, 1.82) is 0 Å². The Morgan fingerprint density at radius 2 is 1.78 bits per heavy atom. The highest BCUT2D eigenvalue weighted by atomic mass is 32.2. The number of carbonyl (C=O) groups excluding carboxylic acids is 1. The van der Waals surface area contributed by atoms with Gasteiger partial charge in [-0.2, -0.15) is 0 Å². The molecule has 0 aliphatic carbocycles. The maximum absolute atomic E-state index is 11.8. The van der Waals surface area contributed by atoms with Gasteiger partial charge in [-0.25, -0.2) is 9.97 Å². The average Bonchev–Trinajstić information content (AvgIpc) is 2.45. The summed E-state index contributed by atoms with van der Waals surface area (Å²) in [6.07, 6.45) is 4.87. The van der Waals surface area contributed by atoms with Gasteiger partial charge in [0.2, 0.25) is 0 Å². The van der Waals surface area contributed by atoms with E-state index in [1.54, 1.807) is 30.2 Å². The van der Waals surface area contributed by atoms with Crippen molar-refractivity contribution in [2.24, 2.45) is 0 Å². The number of ketones is 1. The lowest BCUT2D eigenvalue weighted by molar-refractivity contribution is 0.0982. The van der Waals surface area contributed by atoms with Crippen LogP contribution < -0.4 is 0 Å². The van der Waals surface area contributed by atoms with Crippen molar-refractivity contribution in [3.63, 3.8) is 0 Å². The summed E-state index contributed by atoms with van der Waals surface area (Å²) in [6.45, 7) is 0. The van der Waals surface area contributed by atoms with Crippen molar-refractivity contribution in [1.82, 2.24) is 9.97 Å². The van der Waals surface area contributed by atoms with Crippen LogP contribution in [0.4, 0.5) is 0 Å². The zero-order valence-electron chi connectivity index (χ0n) is 9.95. The van der Waals surface area contributed by atoms with E-state index < -0.39 is 0 Å². The molecule has 2 rings (SSSR count). The van der Waals surface area contributed by atoms with E-state index in [0.717, 1.165) is 22.9 Å². The molecular formula is C14H14N2OS. The van der Waals surface area contributed by atoms with Crippen LogP contribution in [-0.2, 0) is 0 Å². The molecule has 0 spiro atoms. The highest BCUT2D eigenvalue weighted by molar-refractivity contribution is 7.99. The Balaban J connectivity index is 1.72. The van der Waals surface area contributed by atoms with Crippen molar-refractivity contribution in [2.45, 2.75) is 18.0 Å².